The molecule has 7 heteroatoms. The zero-order valence-corrected chi connectivity index (χ0v) is 17.2. The molecule has 6 nitrogen and oxygen atoms in total. The molecule has 0 bridgehead atoms. The number of likely N-dealkylation sites (tertiary alicyclic amines) is 1. The van der Waals surface area contributed by atoms with Crippen molar-refractivity contribution >= 4 is 17.6 Å². The topological polar surface area (TPSA) is 99.2 Å². The van der Waals surface area contributed by atoms with E-state index in [1.165, 1.54) is 0 Å². The molecule has 3 amide bonds. The summed E-state index contributed by atoms with van der Waals surface area (Å²) in [6.45, 7) is 0.580. The van der Waals surface area contributed by atoms with E-state index in [9.17, 15) is 9.59 Å². The van der Waals surface area contributed by atoms with Crippen molar-refractivity contribution in [3.05, 3.63) is 64.7 Å². The van der Waals surface area contributed by atoms with Gasteiger partial charge < -0.3 is 16.0 Å². The highest BCUT2D eigenvalue weighted by Gasteiger charge is 2.38. The van der Waals surface area contributed by atoms with E-state index in [0.717, 1.165) is 24.8 Å². The Kier molecular flexibility index (Phi) is 5.64. The Morgan fingerprint density at radius 3 is 2.35 bits per heavy atom. The molecule has 1 saturated carbocycles. The number of nitrogens with two attached hydrogens (primary N) is 1. The third-order valence-corrected chi connectivity index (χ3v) is 6.48. The van der Waals surface area contributed by atoms with Crippen molar-refractivity contribution in [2.45, 2.75) is 43.7 Å². The molecule has 0 atom stereocenters. The van der Waals surface area contributed by atoms with E-state index in [4.69, 9.17) is 11.0 Å². The molecule has 1 aliphatic heterocycles. The van der Waals surface area contributed by atoms with Gasteiger partial charge in [0.1, 0.15) is 5.67 Å². The Morgan fingerprint density at radius 2 is 1.81 bits per heavy atom. The molecule has 2 fully saturated rings. The summed E-state index contributed by atoms with van der Waals surface area (Å²) in [5.41, 5.74) is 6.87. The number of alkyl halides is 1. The van der Waals surface area contributed by atoms with E-state index >= 15 is 4.39 Å². The van der Waals surface area contributed by atoms with Crippen LogP contribution in [0.15, 0.2) is 42.5 Å². The van der Waals surface area contributed by atoms with Crippen molar-refractivity contribution in [3.63, 3.8) is 0 Å². The van der Waals surface area contributed by atoms with Crippen LogP contribution >= 0.6 is 0 Å². The van der Waals surface area contributed by atoms with Crippen LogP contribution in [-0.2, 0) is 5.67 Å². The van der Waals surface area contributed by atoms with Crippen LogP contribution in [0.1, 0.15) is 65.1 Å². The van der Waals surface area contributed by atoms with Gasteiger partial charge in [-0.05, 0) is 54.2 Å². The number of primary amides is 1. The summed E-state index contributed by atoms with van der Waals surface area (Å²) in [6.07, 6.45) is 3.65. The Labute approximate surface area is 180 Å². The first-order chi connectivity index (χ1) is 14.9. The fourth-order valence-corrected chi connectivity index (χ4v) is 4.38. The summed E-state index contributed by atoms with van der Waals surface area (Å²) in [4.78, 5) is 26.1. The molecule has 2 aromatic carbocycles. The van der Waals surface area contributed by atoms with Gasteiger partial charge in [-0.2, -0.15) is 5.26 Å². The summed E-state index contributed by atoms with van der Waals surface area (Å²) in [5.74, 6) is 0.190. The number of amides is 3. The molecule has 0 radical (unpaired) electrons. The molecule has 4 rings (SSSR count). The number of halogens is 1. The zero-order valence-electron chi connectivity index (χ0n) is 17.2. The second-order valence-corrected chi connectivity index (χ2v) is 8.37. The van der Waals surface area contributed by atoms with E-state index in [0.29, 0.717) is 28.3 Å². The molecular formula is C24H25FN4O2. The zero-order chi connectivity index (χ0) is 22.0. The lowest BCUT2D eigenvalue weighted by molar-refractivity contribution is 0.0421. The lowest BCUT2D eigenvalue weighted by Crippen LogP contribution is -2.43. The molecule has 2 aliphatic rings. The molecule has 2 aromatic rings. The lowest BCUT2D eigenvalue weighted by atomic mass is 9.79. The number of carbonyl (C=O) groups excluding carboxylic acids is 2. The van der Waals surface area contributed by atoms with Crippen molar-refractivity contribution in [3.8, 4) is 6.07 Å². The number of benzene rings is 2. The molecule has 1 heterocycles. The predicted octanol–water partition coefficient (Wildman–Crippen LogP) is 4.42. The van der Waals surface area contributed by atoms with Gasteiger partial charge in [-0.3, -0.25) is 4.79 Å². The van der Waals surface area contributed by atoms with Gasteiger partial charge in [0.05, 0.1) is 11.6 Å². The molecule has 31 heavy (non-hydrogen) atoms. The molecule has 0 aromatic heterocycles. The van der Waals surface area contributed by atoms with Gasteiger partial charge in [0.25, 0.3) is 5.91 Å². The van der Waals surface area contributed by atoms with Crippen LogP contribution in [0.25, 0.3) is 0 Å². The minimum Gasteiger partial charge on any atom is -0.351 e. The van der Waals surface area contributed by atoms with E-state index < -0.39 is 11.7 Å². The Bertz CT molecular complexity index is 1030. The van der Waals surface area contributed by atoms with Gasteiger partial charge in [0.15, 0.2) is 0 Å². The molecule has 1 aliphatic carbocycles. The number of nitrogens with one attached hydrogen (secondary N) is 1. The molecular weight excluding hydrogens is 395 g/mol. The van der Waals surface area contributed by atoms with Gasteiger partial charge >= 0.3 is 6.03 Å². The van der Waals surface area contributed by atoms with Gasteiger partial charge in [0.2, 0.25) is 0 Å². The van der Waals surface area contributed by atoms with Crippen molar-refractivity contribution in [2.75, 3.05) is 18.4 Å². The molecule has 160 valence electrons. The van der Waals surface area contributed by atoms with Gasteiger partial charge in [0, 0.05) is 37.2 Å². The normalized spacial score (nSPS) is 18.0. The summed E-state index contributed by atoms with van der Waals surface area (Å²) >= 11 is 0. The highest BCUT2D eigenvalue weighted by atomic mass is 19.1. The molecule has 0 unspecified atom stereocenters. The minimum absolute atomic E-state index is 0.186. The number of nitriles is 1. The van der Waals surface area contributed by atoms with Crippen LogP contribution in [0.3, 0.4) is 0 Å². The molecule has 3 N–H and O–H groups in total. The van der Waals surface area contributed by atoms with E-state index in [-0.39, 0.29) is 31.8 Å². The predicted molar refractivity (Wildman–Crippen MR) is 115 cm³/mol. The number of anilines is 1. The van der Waals surface area contributed by atoms with Crippen molar-refractivity contribution < 1.29 is 14.0 Å². The fraction of sp³-hybridized carbons (Fsp3) is 0.375. The Morgan fingerprint density at radius 1 is 1.13 bits per heavy atom. The largest absolute Gasteiger partial charge is 0.351 e. The number of piperidine rings is 1. The van der Waals surface area contributed by atoms with Crippen LogP contribution in [0.5, 0.6) is 0 Å². The number of rotatable bonds is 4. The number of hydrogen-bond acceptors (Lipinski definition) is 3. The summed E-state index contributed by atoms with van der Waals surface area (Å²) in [5, 5.41) is 11.6. The van der Waals surface area contributed by atoms with E-state index in [1.807, 2.05) is 12.1 Å². The van der Waals surface area contributed by atoms with Crippen LogP contribution in [0, 0.1) is 11.3 Å². The van der Waals surface area contributed by atoms with Crippen molar-refractivity contribution in [2.24, 2.45) is 5.73 Å². The number of nitrogens with zero attached hydrogens (tertiary/aromatic N) is 2. The van der Waals surface area contributed by atoms with Gasteiger partial charge in [-0.15, -0.1) is 0 Å². The smallest absolute Gasteiger partial charge is 0.316 e. The standard InChI is InChI=1S/C24H25FN4O2/c25-24(19-7-4-16(15-26)5-8-19)10-12-29(13-11-24)22(30)18-6-9-20(17-2-1-3-17)21(14-18)28-23(27)31/h4-9,14,17H,1-3,10-13H2,(H3,27,28,31). The maximum atomic E-state index is 15.5. The monoisotopic (exact) mass is 420 g/mol. The third-order valence-electron chi connectivity index (χ3n) is 6.48. The first-order valence-electron chi connectivity index (χ1n) is 10.6. The quantitative estimate of drug-likeness (QED) is 0.766. The Hall–Kier alpha value is -3.40. The van der Waals surface area contributed by atoms with Crippen molar-refractivity contribution in [1.82, 2.24) is 4.90 Å². The SMILES string of the molecule is N#Cc1ccc(C2(F)CCN(C(=O)c3ccc(C4CCC4)c(NC(N)=O)c3)CC2)cc1. The van der Waals surface area contributed by atoms with Crippen LogP contribution in [0.4, 0.5) is 14.9 Å². The summed E-state index contributed by atoms with van der Waals surface area (Å²) < 4.78 is 15.5. The maximum Gasteiger partial charge on any atom is 0.316 e. The lowest BCUT2D eigenvalue weighted by Gasteiger charge is -2.37. The van der Waals surface area contributed by atoms with Crippen LogP contribution in [-0.4, -0.2) is 29.9 Å². The van der Waals surface area contributed by atoms with Gasteiger partial charge in [-0.25, -0.2) is 9.18 Å². The van der Waals surface area contributed by atoms with Gasteiger partial charge in [-0.1, -0.05) is 24.6 Å². The highest BCUT2D eigenvalue weighted by molar-refractivity contribution is 5.97. The van der Waals surface area contributed by atoms with E-state index in [2.05, 4.69) is 5.32 Å². The second-order valence-electron chi connectivity index (χ2n) is 8.37. The first-order valence-corrected chi connectivity index (χ1v) is 10.6. The first kappa shape index (κ1) is 20.9. The number of carbonyl (C=O) groups is 2. The second kappa shape index (κ2) is 8.38. The maximum absolute atomic E-state index is 15.5. The fourth-order valence-electron chi connectivity index (χ4n) is 4.38. The summed E-state index contributed by atoms with van der Waals surface area (Å²) in [6, 6.07) is 13.3. The third kappa shape index (κ3) is 4.24. The highest BCUT2D eigenvalue weighted by Crippen LogP contribution is 2.41. The number of hydrogen-bond donors (Lipinski definition) is 2. The van der Waals surface area contributed by atoms with Crippen LogP contribution in [0.2, 0.25) is 0 Å². The molecule has 0 spiro atoms. The van der Waals surface area contributed by atoms with E-state index in [1.54, 1.807) is 41.3 Å². The average molecular weight is 420 g/mol. The summed E-state index contributed by atoms with van der Waals surface area (Å²) in [7, 11) is 0. The Balaban J connectivity index is 1.47. The number of urea groups is 1. The van der Waals surface area contributed by atoms with Crippen LogP contribution < -0.4 is 11.1 Å². The minimum atomic E-state index is -1.52. The molecule has 1 saturated heterocycles. The van der Waals surface area contributed by atoms with Crippen molar-refractivity contribution in [1.29, 1.82) is 5.26 Å². The average Bonchev–Trinajstić information content (AvgIpc) is 2.73.